The summed E-state index contributed by atoms with van der Waals surface area (Å²) in [5.74, 6) is 0.494. The molecule has 7 heteroatoms. The van der Waals surface area contributed by atoms with Gasteiger partial charge in [-0.15, -0.1) is 0 Å². The predicted molar refractivity (Wildman–Crippen MR) is 79.1 cm³/mol. The Hall–Kier alpha value is -1.89. The number of rotatable bonds is 5. The molecule has 1 heterocycles. The van der Waals surface area contributed by atoms with E-state index in [0.29, 0.717) is 23.4 Å². The van der Waals surface area contributed by atoms with E-state index in [-0.39, 0.29) is 12.1 Å². The number of carbonyl (C=O) groups is 1. The van der Waals surface area contributed by atoms with E-state index in [0.717, 1.165) is 38.5 Å². The smallest absolute Gasteiger partial charge is 0.254 e. The number of nitrogens with two attached hydrogens (primary N) is 1. The molecule has 0 radical (unpaired) electrons. The molecule has 0 spiro atoms. The maximum Gasteiger partial charge on any atom is 0.254 e. The van der Waals surface area contributed by atoms with Gasteiger partial charge in [0.25, 0.3) is 5.91 Å². The Morgan fingerprint density at radius 1 is 1.14 bits per heavy atom. The molecule has 3 rings (SSSR count). The van der Waals surface area contributed by atoms with Gasteiger partial charge in [0.05, 0.1) is 11.7 Å². The molecule has 5 N–H and O–H groups in total. The summed E-state index contributed by atoms with van der Waals surface area (Å²) in [6, 6.07) is 0.650. The highest BCUT2D eigenvalue weighted by Gasteiger charge is 2.25. The van der Waals surface area contributed by atoms with Crippen molar-refractivity contribution in [2.24, 2.45) is 5.73 Å². The number of hydrogen-bond acceptors (Lipinski definition) is 6. The summed E-state index contributed by atoms with van der Waals surface area (Å²) in [6.07, 6.45) is 6.85. The van der Waals surface area contributed by atoms with E-state index in [4.69, 9.17) is 5.73 Å². The van der Waals surface area contributed by atoms with Crippen LogP contribution in [0.2, 0.25) is 0 Å². The molecule has 0 atom stereocenters. The van der Waals surface area contributed by atoms with E-state index < -0.39 is 5.91 Å². The van der Waals surface area contributed by atoms with Crippen LogP contribution in [0.5, 0.6) is 0 Å². The van der Waals surface area contributed by atoms with Crippen LogP contribution in [0.25, 0.3) is 0 Å². The van der Waals surface area contributed by atoms with Crippen LogP contribution in [0.15, 0.2) is 6.20 Å². The standard InChI is InChI=1S/C14H21N5O2/c15-12(21)11-7-16-14(19-13(11)17-8-1-2-8)18-9-3-5-10(20)6-4-9/h7-10,20H,1-6H2,(H2,15,21)(H2,16,17,18,19)/t9-,10-. The highest BCUT2D eigenvalue weighted by molar-refractivity contribution is 5.97. The molecular weight excluding hydrogens is 270 g/mol. The fourth-order valence-corrected chi connectivity index (χ4v) is 2.57. The molecule has 0 aromatic carbocycles. The second-order valence-corrected chi connectivity index (χ2v) is 5.89. The van der Waals surface area contributed by atoms with Gasteiger partial charge in [-0.05, 0) is 38.5 Å². The van der Waals surface area contributed by atoms with Crippen LogP contribution in [0.4, 0.5) is 11.8 Å². The lowest BCUT2D eigenvalue weighted by molar-refractivity contribution is 0.100. The zero-order chi connectivity index (χ0) is 14.8. The van der Waals surface area contributed by atoms with Crippen molar-refractivity contribution in [3.63, 3.8) is 0 Å². The minimum absolute atomic E-state index is 0.187. The maximum atomic E-state index is 11.4. The average Bonchev–Trinajstić information content (AvgIpc) is 3.25. The zero-order valence-corrected chi connectivity index (χ0v) is 11.9. The number of hydrogen-bond donors (Lipinski definition) is 4. The largest absolute Gasteiger partial charge is 0.393 e. The number of aliphatic hydroxyl groups excluding tert-OH is 1. The third kappa shape index (κ3) is 3.60. The number of nitrogens with zero attached hydrogens (tertiary/aromatic N) is 2. The molecule has 0 aliphatic heterocycles. The molecule has 21 heavy (non-hydrogen) atoms. The fraction of sp³-hybridized carbons (Fsp3) is 0.643. The van der Waals surface area contributed by atoms with Crippen molar-refractivity contribution in [2.75, 3.05) is 10.6 Å². The van der Waals surface area contributed by atoms with Crippen molar-refractivity contribution in [3.8, 4) is 0 Å². The molecule has 0 saturated heterocycles. The monoisotopic (exact) mass is 291 g/mol. The van der Waals surface area contributed by atoms with E-state index in [1.54, 1.807) is 0 Å². The summed E-state index contributed by atoms with van der Waals surface area (Å²) >= 11 is 0. The highest BCUT2D eigenvalue weighted by Crippen LogP contribution is 2.26. The van der Waals surface area contributed by atoms with Gasteiger partial charge in [0.2, 0.25) is 5.95 Å². The number of primary amides is 1. The Morgan fingerprint density at radius 3 is 2.38 bits per heavy atom. The van der Waals surface area contributed by atoms with Crippen molar-refractivity contribution in [2.45, 2.75) is 56.7 Å². The Balaban J connectivity index is 1.71. The van der Waals surface area contributed by atoms with Crippen LogP contribution in [-0.4, -0.2) is 39.2 Å². The van der Waals surface area contributed by atoms with Gasteiger partial charge in [-0.25, -0.2) is 4.98 Å². The van der Waals surface area contributed by atoms with Gasteiger partial charge in [-0.1, -0.05) is 0 Å². The van der Waals surface area contributed by atoms with Gasteiger partial charge < -0.3 is 21.5 Å². The lowest BCUT2D eigenvalue weighted by Gasteiger charge is -2.26. The number of aliphatic hydroxyl groups is 1. The van der Waals surface area contributed by atoms with Crippen molar-refractivity contribution in [1.82, 2.24) is 9.97 Å². The van der Waals surface area contributed by atoms with Crippen LogP contribution < -0.4 is 16.4 Å². The Bertz CT molecular complexity index is 524. The zero-order valence-electron chi connectivity index (χ0n) is 11.9. The Labute approximate surface area is 123 Å². The molecule has 0 bridgehead atoms. The normalized spacial score (nSPS) is 25.4. The summed E-state index contributed by atoms with van der Waals surface area (Å²) in [4.78, 5) is 20.0. The third-order valence-corrected chi connectivity index (χ3v) is 4.00. The molecule has 7 nitrogen and oxygen atoms in total. The van der Waals surface area contributed by atoms with Gasteiger partial charge in [0.15, 0.2) is 0 Å². The molecule has 1 aromatic heterocycles. The molecule has 1 aromatic rings. The van der Waals surface area contributed by atoms with Gasteiger partial charge in [0, 0.05) is 18.3 Å². The maximum absolute atomic E-state index is 11.4. The molecular formula is C14H21N5O2. The second kappa shape index (κ2) is 5.85. The molecule has 114 valence electrons. The van der Waals surface area contributed by atoms with E-state index in [1.165, 1.54) is 6.20 Å². The summed E-state index contributed by atoms with van der Waals surface area (Å²) in [7, 11) is 0. The minimum Gasteiger partial charge on any atom is -0.393 e. The van der Waals surface area contributed by atoms with E-state index >= 15 is 0 Å². The second-order valence-electron chi connectivity index (χ2n) is 5.89. The molecule has 1 amide bonds. The number of aromatic nitrogens is 2. The number of carbonyl (C=O) groups excluding carboxylic acids is 1. The van der Waals surface area contributed by atoms with Crippen molar-refractivity contribution >= 4 is 17.7 Å². The SMILES string of the molecule is NC(=O)c1cnc(N[C@H]2CC[C@H](O)CC2)nc1NC1CC1. The van der Waals surface area contributed by atoms with Crippen molar-refractivity contribution < 1.29 is 9.90 Å². The minimum atomic E-state index is -0.523. The predicted octanol–water partition coefficient (Wildman–Crippen LogP) is 0.865. The third-order valence-electron chi connectivity index (χ3n) is 4.00. The summed E-state index contributed by atoms with van der Waals surface area (Å²) in [5, 5.41) is 16.0. The summed E-state index contributed by atoms with van der Waals surface area (Å²) < 4.78 is 0. The van der Waals surface area contributed by atoms with E-state index in [2.05, 4.69) is 20.6 Å². The van der Waals surface area contributed by atoms with Crippen LogP contribution in [0.1, 0.15) is 48.9 Å². The van der Waals surface area contributed by atoms with Crippen LogP contribution in [-0.2, 0) is 0 Å². The molecule has 2 fully saturated rings. The van der Waals surface area contributed by atoms with E-state index in [1.807, 2.05) is 0 Å². The molecule has 2 saturated carbocycles. The first kappa shape index (κ1) is 14.1. The first-order valence-electron chi connectivity index (χ1n) is 7.50. The molecule has 2 aliphatic rings. The Kier molecular flexibility index (Phi) is 3.92. The van der Waals surface area contributed by atoms with Crippen LogP contribution in [0.3, 0.4) is 0 Å². The van der Waals surface area contributed by atoms with Crippen LogP contribution in [0, 0.1) is 0 Å². The molecule has 0 unspecified atom stereocenters. The quantitative estimate of drug-likeness (QED) is 0.640. The van der Waals surface area contributed by atoms with E-state index in [9.17, 15) is 9.90 Å². The van der Waals surface area contributed by atoms with Gasteiger partial charge in [0.1, 0.15) is 5.82 Å². The van der Waals surface area contributed by atoms with Crippen molar-refractivity contribution in [1.29, 1.82) is 0 Å². The highest BCUT2D eigenvalue weighted by atomic mass is 16.3. The lowest BCUT2D eigenvalue weighted by atomic mass is 9.93. The first-order chi connectivity index (χ1) is 10.1. The fourth-order valence-electron chi connectivity index (χ4n) is 2.57. The molecule has 2 aliphatic carbocycles. The lowest BCUT2D eigenvalue weighted by Crippen LogP contribution is -2.29. The summed E-state index contributed by atoms with van der Waals surface area (Å²) in [6.45, 7) is 0. The Morgan fingerprint density at radius 2 is 1.76 bits per heavy atom. The van der Waals surface area contributed by atoms with Gasteiger partial charge in [-0.3, -0.25) is 4.79 Å². The summed E-state index contributed by atoms with van der Waals surface area (Å²) in [5.41, 5.74) is 5.68. The average molecular weight is 291 g/mol. The van der Waals surface area contributed by atoms with Crippen LogP contribution >= 0.6 is 0 Å². The van der Waals surface area contributed by atoms with Gasteiger partial charge >= 0.3 is 0 Å². The first-order valence-corrected chi connectivity index (χ1v) is 7.50. The topological polar surface area (TPSA) is 113 Å². The van der Waals surface area contributed by atoms with Crippen molar-refractivity contribution in [3.05, 3.63) is 11.8 Å². The number of amides is 1. The van der Waals surface area contributed by atoms with Gasteiger partial charge in [-0.2, -0.15) is 4.98 Å². The number of nitrogens with one attached hydrogen (secondary N) is 2. The number of anilines is 2.